The Bertz CT molecular complexity index is 902. The highest BCUT2D eigenvalue weighted by Crippen LogP contribution is 2.34. The van der Waals surface area contributed by atoms with E-state index in [1.54, 1.807) is 53.7 Å². The summed E-state index contributed by atoms with van der Waals surface area (Å²) in [6.45, 7) is 10.4. The average molecular weight is 424 g/mol. The van der Waals surface area contributed by atoms with Crippen LogP contribution in [0.3, 0.4) is 0 Å². The first-order valence-corrected chi connectivity index (χ1v) is 10.4. The molecule has 1 unspecified atom stereocenters. The van der Waals surface area contributed by atoms with Gasteiger partial charge in [0, 0.05) is 16.9 Å². The summed E-state index contributed by atoms with van der Waals surface area (Å²) >= 11 is -1.59. The van der Waals surface area contributed by atoms with Crippen molar-refractivity contribution in [2.75, 3.05) is 0 Å². The van der Waals surface area contributed by atoms with Gasteiger partial charge in [-0.2, -0.15) is 0 Å². The molecule has 158 valence electrons. The van der Waals surface area contributed by atoms with Crippen LogP contribution in [0.4, 0.5) is 8.78 Å². The molecular weight excluding hydrogens is 396 g/mol. The number of aryl methyl sites for hydroxylation is 3. The molecule has 2 atom stereocenters. The van der Waals surface area contributed by atoms with Crippen LogP contribution in [-0.4, -0.2) is 20.4 Å². The molecule has 0 amide bonds. The topological polar surface area (TPSA) is 72.4 Å². The summed E-state index contributed by atoms with van der Waals surface area (Å²) in [6, 6.07) is 5.05. The predicted octanol–water partition coefficient (Wildman–Crippen LogP) is 5.12. The van der Waals surface area contributed by atoms with Crippen molar-refractivity contribution in [2.24, 2.45) is 0 Å². The molecule has 0 saturated carbocycles. The summed E-state index contributed by atoms with van der Waals surface area (Å²) in [7, 11) is 0. The van der Waals surface area contributed by atoms with E-state index in [-0.39, 0.29) is 11.4 Å². The van der Waals surface area contributed by atoms with Gasteiger partial charge in [-0.1, -0.05) is 0 Å². The van der Waals surface area contributed by atoms with E-state index < -0.39 is 40.4 Å². The number of nitrogens with one attached hydrogen (secondary N) is 1. The van der Waals surface area contributed by atoms with E-state index in [4.69, 9.17) is 0 Å². The Kier molecular flexibility index (Phi) is 7.09. The number of rotatable bonds is 6. The molecule has 29 heavy (non-hydrogen) atoms. The highest BCUT2D eigenvalue weighted by atomic mass is 32.2. The lowest BCUT2D eigenvalue weighted by molar-refractivity contribution is -0.137. The molecule has 0 aliphatic rings. The molecule has 0 aliphatic heterocycles. The van der Waals surface area contributed by atoms with Crippen LogP contribution in [0.1, 0.15) is 55.5 Å². The van der Waals surface area contributed by atoms with Gasteiger partial charge in [0.15, 0.2) is 0 Å². The fourth-order valence-electron chi connectivity index (χ4n) is 3.26. The molecule has 2 aromatic carbocycles. The number of carbonyl (C=O) groups is 1. The lowest BCUT2D eigenvalue weighted by Gasteiger charge is -2.28. The van der Waals surface area contributed by atoms with Gasteiger partial charge >= 0.3 is 5.97 Å². The van der Waals surface area contributed by atoms with Crippen molar-refractivity contribution in [2.45, 2.75) is 58.8 Å². The van der Waals surface area contributed by atoms with Crippen LogP contribution >= 0.6 is 0 Å². The largest absolute Gasteiger partial charge is 0.598 e. The zero-order valence-electron chi connectivity index (χ0n) is 17.5. The summed E-state index contributed by atoms with van der Waals surface area (Å²) < 4.78 is 43.4. The highest BCUT2D eigenvalue weighted by Gasteiger charge is 2.32. The lowest BCUT2D eigenvalue weighted by atomic mass is 9.90. The molecule has 0 saturated heterocycles. The van der Waals surface area contributed by atoms with Crippen molar-refractivity contribution < 1.29 is 23.2 Å². The maximum Gasteiger partial charge on any atom is 0.305 e. The third-order valence-corrected chi connectivity index (χ3v) is 6.24. The van der Waals surface area contributed by atoms with E-state index in [2.05, 4.69) is 4.72 Å². The molecule has 0 spiro atoms. The first-order chi connectivity index (χ1) is 13.3. The van der Waals surface area contributed by atoms with E-state index in [0.29, 0.717) is 22.3 Å². The van der Waals surface area contributed by atoms with Crippen molar-refractivity contribution in [1.82, 2.24) is 4.72 Å². The molecule has 0 bridgehead atoms. The SMILES string of the molecule is Cc1cc(-c2c(C)cc(F)cc2C)cc(C(CC(=O)O)N[S@+]([O-])C(C)(C)C)c1F. The molecule has 0 aromatic heterocycles. The molecule has 0 heterocycles. The number of hydrogen-bond acceptors (Lipinski definition) is 3. The quantitative estimate of drug-likeness (QED) is 0.632. The van der Waals surface area contributed by atoms with E-state index in [9.17, 15) is 18.8 Å². The molecule has 0 aliphatic carbocycles. The summed E-state index contributed by atoms with van der Waals surface area (Å²) in [6.07, 6.45) is -0.428. The van der Waals surface area contributed by atoms with E-state index in [1.807, 2.05) is 0 Å². The summed E-state index contributed by atoms with van der Waals surface area (Å²) in [5.41, 5.74) is 3.28. The highest BCUT2D eigenvalue weighted by molar-refractivity contribution is 7.90. The van der Waals surface area contributed by atoms with Gasteiger partial charge in [0.25, 0.3) is 0 Å². The van der Waals surface area contributed by atoms with Gasteiger partial charge in [0.05, 0.1) is 12.5 Å². The number of carboxylic acids is 1. The van der Waals surface area contributed by atoms with Crippen LogP contribution in [0.25, 0.3) is 11.1 Å². The van der Waals surface area contributed by atoms with Gasteiger partial charge in [-0.15, -0.1) is 4.72 Å². The first kappa shape index (κ1) is 23.3. The third-order valence-electron chi connectivity index (χ3n) is 4.63. The van der Waals surface area contributed by atoms with Crippen molar-refractivity contribution in [3.63, 3.8) is 0 Å². The van der Waals surface area contributed by atoms with Crippen LogP contribution in [0.2, 0.25) is 0 Å². The van der Waals surface area contributed by atoms with Crippen LogP contribution in [0.15, 0.2) is 24.3 Å². The van der Waals surface area contributed by atoms with Crippen molar-refractivity contribution >= 4 is 17.3 Å². The fraction of sp³-hybridized carbons (Fsp3) is 0.409. The molecule has 2 rings (SSSR count). The van der Waals surface area contributed by atoms with Crippen molar-refractivity contribution in [1.29, 1.82) is 0 Å². The van der Waals surface area contributed by atoms with Gasteiger partial charge in [0.2, 0.25) is 0 Å². The Morgan fingerprint density at radius 2 is 1.66 bits per heavy atom. The minimum atomic E-state index is -1.59. The average Bonchev–Trinajstić information content (AvgIpc) is 2.54. The molecule has 0 radical (unpaired) electrons. The second-order valence-electron chi connectivity index (χ2n) is 8.26. The third kappa shape index (κ3) is 5.56. The summed E-state index contributed by atoms with van der Waals surface area (Å²) in [4.78, 5) is 11.4. The Morgan fingerprint density at radius 3 is 2.14 bits per heavy atom. The smallest absolute Gasteiger partial charge is 0.305 e. The number of carboxylic acid groups (broad SMARTS) is 1. The van der Waals surface area contributed by atoms with Crippen LogP contribution in [-0.2, 0) is 16.2 Å². The predicted molar refractivity (Wildman–Crippen MR) is 112 cm³/mol. The molecule has 2 aromatic rings. The number of benzene rings is 2. The Balaban J connectivity index is 2.62. The molecule has 4 nitrogen and oxygen atoms in total. The molecule has 7 heteroatoms. The fourth-order valence-corrected chi connectivity index (χ4v) is 4.08. The maximum absolute atomic E-state index is 15.0. The minimum Gasteiger partial charge on any atom is -0.598 e. The summed E-state index contributed by atoms with van der Waals surface area (Å²) in [5.74, 6) is -2.03. The Morgan fingerprint density at radius 1 is 1.10 bits per heavy atom. The number of hydrogen-bond donors (Lipinski definition) is 2. The van der Waals surface area contributed by atoms with Crippen molar-refractivity contribution in [3.8, 4) is 11.1 Å². The Labute approximate surface area is 173 Å². The first-order valence-electron chi connectivity index (χ1n) is 9.28. The van der Waals surface area contributed by atoms with Crippen molar-refractivity contribution in [3.05, 3.63) is 58.2 Å². The van der Waals surface area contributed by atoms with Gasteiger partial charge in [-0.05, 0) is 93.6 Å². The van der Waals surface area contributed by atoms with E-state index >= 15 is 4.39 Å². The van der Waals surface area contributed by atoms with Crippen LogP contribution in [0, 0.1) is 32.4 Å². The zero-order valence-corrected chi connectivity index (χ0v) is 18.3. The standard InChI is InChI=1S/C22H27F2NO3S/c1-12-8-16(23)9-13(2)20(12)15-7-14(3)21(24)17(10-15)18(11-19(26)27)25-29(28)22(4,5)6/h7-10,18,25H,11H2,1-6H3,(H,26,27)/t18?,29-/m1/s1. The lowest BCUT2D eigenvalue weighted by Crippen LogP contribution is -2.42. The second-order valence-corrected chi connectivity index (χ2v) is 10.3. The van der Waals surface area contributed by atoms with Gasteiger partial charge in [-0.25, -0.2) is 8.78 Å². The number of aliphatic carboxylic acids is 1. The zero-order chi connectivity index (χ0) is 22.1. The van der Waals surface area contributed by atoms with Crippen LogP contribution < -0.4 is 4.72 Å². The molecular formula is C22H27F2NO3S. The Hall–Kier alpha value is -1.96. The van der Waals surface area contributed by atoms with Gasteiger partial charge < -0.3 is 9.66 Å². The number of halogens is 2. The van der Waals surface area contributed by atoms with Gasteiger partial charge in [0.1, 0.15) is 16.4 Å². The van der Waals surface area contributed by atoms with Gasteiger partial charge in [-0.3, -0.25) is 4.79 Å². The van der Waals surface area contributed by atoms with Crippen LogP contribution in [0.5, 0.6) is 0 Å². The van der Waals surface area contributed by atoms with E-state index in [1.165, 1.54) is 12.1 Å². The summed E-state index contributed by atoms with van der Waals surface area (Å²) in [5, 5.41) is 9.32. The normalized spacial score (nSPS) is 14.0. The van der Waals surface area contributed by atoms with E-state index in [0.717, 1.165) is 5.56 Å². The minimum absolute atomic E-state index is 0.128. The molecule has 2 N–H and O–H groups in total. The second kappa shape index (κ2) is 8.81. The molecule has 0 fully saturated rings. The maximum atomic E-state index is 15.0. The monoisotopic (exact) mass is 423 g/mol.